The van der Waals surface area contributed by atoms with Crippen LogP contribution in [-0.2, 0) is 9.53 Å². The minimum Gasteiger partial charge on any atom is -0.481 e. The first-order chi connectivity index (χ1) is 13.3. The van der Waals surface area contributed by atoms with Gasteiger partial charge in [-0.1, -0.05) is 13.8 Å². The highest BCUT2D eigenvalue weighted by Crippen LogP contribution is 2.68. The number of carboxylic acids is 1. The molecule has 0 amide bonds. The van der Waals surface area contributed by atoms with E-state index in [0.29, 0.717) is 36.4 Å². The Balaban J connectivity index is 1.57. The largest absolute Gasteiger partial charge is 0.481 e. The Morgan fingerprint density at radius 1 is 1.04 bits per heavy atom. The van der Waals surface area contributed by atoms with Crippen LogP contribution in [0.4, 0.5) is 0 Å². The Bertz CT molecular complexity index is 605. The van der Waals surface area contributed by atoms with Crippen molar-refractivity contribution >= 4 is 5.97 Å². The lowest BCUT2D eigenvalue weighted by molar-refractivity contribution is -0.176. The molecule has 160 valence electrons. The topological polar surface area (TPSA) is 66.8 Å². The molecule has 0 heterocycles. The Morgan fingerprint density at radius 2 is 1.82 bits per heavy atom. The molecule has 0 aromatic carbocycles. The fraction of sp³-hybridized carbons (Fsp3) is 0.958. The molecule has 0 aromatic rings. The highest BCUT2D eigenvalue weighted by atomic mass is 16.5. The molecule has 0 unspecified atom stereocenters. The Labute approximate surface area is 170 Å². The van der Waals surface area contributed by atoms with Crippen molar-refractivity contribution in [2.75, 3.05) is 13.2 Å². The molecule has 4 nitrogen and oxygen atoms in total. The maximum absolute atomic E-state index is 11.9. The number of rotatable bonds is 5. The molecule has 4 aliphatic rings. The van der Waals surface area contributed by atoms with Crippen molar-refractivity contribution in [2.45, 2.75) is 90.6 Å². The molecule has 0 spiro atoms. The van der Waals surface area contributed by atoms with Crippen molar-refractivity contribution in [3.05, 3.63) is 0 Å². The van der Waals surface area contributed by atoms with E-state index in [1.54, 1.807) is 0 Å². The highest BCUT2D eigenvalue weighted by molar-refractivity contribution is 5.71. The van der Waals surface area contributed by atoms with E-state index < -0.39 is 11.6 Å². The fourth-order valence-corrected chi connectivity index (χ4v) is 8.67. The summed E-state index contributed by atoms with van der Waals surface area (Å²) in [6, 6.07) is 0. The molecule has 0 radical (unpaired) electrons. The second-order valence-electron chi connectivity index (χ2n) is 10.8. The predicted molar refractivity (Wildman–Crippen MR) is 109 cm³/mol. The number of hydrogen-bond acceptors (Lipinski definition) is 3. The maximum Gasteiger partial charge on any atom is 0.307 e. The average molecular weight is 393 g/mol. The van der Waals surface area contributed by atoms with Crippen molar-refractivity contribution in [2.24, 2.45) is 40.4 Å². The quantitative estimate of drug-likeness (QED) is 0.699. The number of carboxylic acid groups (broad SMARTS) is 1. The van der Waals surface area contributed by atoms with E-state index in [-0.39, 0.29) is 11.3 Å². The summed E-state index contributed by atoms with van der Waals surface area (Å²) < 4.78 is 5.63. The van der Waals surface area contributed by atoms with Crippen LogP contribution in [0.25, 0.3) is 0 Å². The van der Waals surface area contributed by atoms with E-state index >= 15 is 0 Å². The molecule has 4 saturated carbocycles. The van der Waals surface area contributed by atoms with Gasteiger partial charge in [0.1, 0.15) is 0 Å². The summed E-state index contributed by atoms with van der Waals surface area (Å²) in [5.41, 5.74) is -0.291. The average Bonchev–Trinajstić information content (AvgIpc) is 3.03. The van der Waals surface area contributed by atoms with E-state index in [4.69, 9.17) is 4.74 Å². The van der Waals surface area contributed by atoms with Crippen LogP contribution in [0, 0.1) is 40.4 Å². The lowest BCUT2D eigenvalue weighted by Gasteiger charge is -2.63. The Morgan fingerprint density at radius 3 is 2.50 bits per heavy atom. The number of carbonyl (C=O) groups is 1. The molecule has 4 heteroatoms. The van der Waals surface area contributed by atoms with Gasteiger partial charge in [0.05, 0.1) is 18.1 Å². The summed E-state index contributed by atoms with van der Waals surface area (Å²) in [7, 11) is 0. The van der Waals surface area contributed by atoms with E-state index in [1.165, 1.54) is 25.7 Å². The van der Waals surface area contributed by atoms with Crippen molar-refractivity contribution in [3.63, 3.8) is 0 Å². The minimum absolute atomic E-state index is 0.000856. The first-order valence-corrected chi connectivity index (χ1v) is 11.8. The van der Waals surface area contributed by atoms with E-state index in [9.17, 15) is 15.0 Å². The molecule has 0 bridgehead atoms. The molecule has 28 heavy (non-hydrogen) atoms. The van der Waals surface area contributed by atoms with Gasteiger partial charge in [-0.15, -0.1) is 0 Å². The van der Waals surface area contributed by atoms with Gasteiger partial charge in [0, 0.05) is 6.61 Å². The maximum atomic E-state index is 11.9. The summed E-state index contributed by atoms with van der Waals surface area (Å²) >= 11 is 0. The third-order valence-corrected chi connectivity index (χ3v) is 10.1. The van der Waals surface area contributed by atoms with Crippen molar-refractivity contribution in [1.29, 1.82) is 0 Å². The summed E-state index contributed by atoms with van der Waals surface area (Å²) in [4.78, 5) is 11.9. The van der Waals surface area contributed by atoms with Crippen molar-refractivity contribution < 1.29 is 19.7 Å². The van der Waals surface area contributed by atoms with Crippen LogP contribution in [-0.4, -0.2) is 35.0 Å². The second kappa shape index (κ2) is 7.27. The predicted octanol–water partition coefficient (Wildman–Crippen LogP) is 4.89. The van der Waals surface area contributed by atoms with Gasteiger partial charge in [-0.3, -0.25) is 4.79 Å². The van der Waals surface area contributed by atoms with Gasteiger partial charge in [-0.05, 0) is 106 Å². The number of aliphatic hydroxyl groups is 1. The number of hydrogen-bond donors (Lipinski definition) is 2. The smallest absolute Gasteiger partial charge is 0.307 e. The van der Waals surface area contributed by atoms with Crippen molar-refractivity contribution in [1.82, 2.24) is 0 Å². The van der Waals surface area contributed by atoms with Gasteiger partial charge in [-0.25, -0.2) is 0 Å². The summed E-state index contributed by atoms with van der Waals surface area (Å²) in [6.07, 6.45) is 10.7. The van der Waals surface area contributed by atoms with Gasteiger partial charge in [-0.2, -0.15) is 0 Å². The minimum atomic E-state index is -0.642. The third-order valence-electron chi connectivity index (χ3n) is 10.1. The van der Waals surface area contributed by atoms with E-state index in [1.807, 2.05) is 6.92 Å². The van der Waals surface area contributed by atoms with Gasteiger partial charge < -0.3 is 14.9 Å². The molecule has 0 aliphatic heterocycles. The van der Waals surface area contributed by atoms with Crippen LogP contribution >= 0.6 is 0 Å². The molecule has 8 atom stereocenters. The lowest BCUT2D eigenvalue weighted by atomic mass is 9.43. The molecule has 2 N–H and O–H groups in total. The van der Waals surface area contributed by atoms with Gasteiger partial charge in [0.15, 0.2) is 0 Å². The monoisotopic (exact) mass is 392 g/mol. The molecular weight excluding hydrogens is 352 g/mol. The third kappa shape index (κ3) is 2.96. The number of aliphatic carboxylic acids is 1. The van der Waals surface area contributed by atoms with Gasteiger partial charge in [0.2, 0.25) is 0 Å². The summed E-state index contributed by atoms with van der Waals surface area (Å²) in [5, 5.41) is 20.9. The molecule has 4 rings (SSSR count). The van der Waals surface area contributed by atoms with Crippen LogP contribution in [0.2, 0.25) is 0 Å². The van der Waals surface area contributed by atoms with Crippen molar-refractivity contribution in [3.8, 4) is 0 Å². The molecule has 4 aliphatic carbocycles. The van der Waals surface area contributed by atoms with Gasteiger partial charge >= 0.3 is 5.97 Å². The number of fused-ring (bicyclic) bond motifs is 5. The van der Waals surface area contributed by atoms with Crippen LogP contribution in [0.5, 0.6) is 0 Å². The summed E-state index contributed by atoms with van der Waals surface area (Å²) in [5.74, 6) is 1.88. The van der Waals surface area contributed by atoms with E-state index in [2.05, 4.69) is 13.8 Å². The molecule has 0 saturated heterocycles. The first kappa shape index (κ1) is 20.7. The first-order valence-electron chi connectivity index (χ1n) is 11.8. The van der Waals surface area contributed by atoms with Crippen LogP contribution in [0.3, 0.4) is 0 Å². The SMILES string of the molecule is CCOC[C@@]1(O)CC[C@@]2(CC)[C@H](CC[C@H]3[C@@H]4CC[C@H](C(=O)O)[C@@]4(C)CC[C@@H]32)C1. The lowest BCUT2D eigenvalue weighted by Crippen LogP contribution is -2.57. The molecule has 4 fully saturated rings. The Kier molecular flexibility index (Phi) is 5.36. The number of ether oxygens (including phenoxy) is 1. The molecular formula is C24H40O4. The zero-order valence-electron chi connectivity index (χ0n) is 18.1. The fourth-order valence-electron chi connectivity index (χ4n) is 8.67. The standard InChI is InChI=1S/C24H40O4/c1-4-24-13-12-23(27,15-28-5-2)14-16(24)6-7-17-18-8-9-20(21(25)26)22(18,3)11-10-19(17)24/h16-20,27H,4-15H2,1-3H3,(H,25,26)/t16-,17+,18+,19+,20-,22+,23-,24+/m1/s1. The van der Waals surface area contributed by atoms with Gasteiger partial charge in [0.25, 0.3) is 0 Å². The zero-order valence-corrected chi connectivity index (χ0v) is 18.1. The Hall–Kier alpha value is -0.610. The second-order valence-corrected chi connectivity index (χ2v) is 10.8. The highest BCUT2D eigenvalue weighted by Gasteiger charge is 2.63. The van der Waals surface area contributed by atoms with Crippen LogP contribution in [0.15, 0.2) is 0 Å². The summed E-state index contributed by atoms with van der Waals surface area (Å²) in [6.45, 7) is 7.80. The van der Waals surface area contributed by atoms with Crippen LogP contribution < -0.4 is 0 Å². The zero-order chi connectivity index (χ0) is 20.2. The normalized spacial score (nSPS) is 50.5. The van der Waals surface area contributed by atoms with Crippen LogP contribution in [0.1, 0.15) is 85.0 Å². The molecule has 0 aromatic heterocycles. The van der Waals surface area contributed by atoms with E-state index in [0.717, 1.165) is 44.4 Å².